The normalized spacial score (nSPS) is 18.5. The molecule has 1 N–H and O–H groups in total. The van der Waals surface area contributed by atoms with Crippen LogP contribution in [0.5, 0.6) is 0 Å². The summed E-state index contributed by atoms with van der Waals surface area (Å²) in [4.78, 5) is 19.1. The van der Waals surface area contributed by atoms with E-state index in [1.54, 1.807) is 11.3 Å². The van der Waals surface area contributed by atoms with E-state index in [0.29, 0.717) is 11.0 Å². The first-order valence-corrected chi connectivity index (χ1v) is 9.69. The molecule has 1 amide bonds. The Morgan fingerprint density at radius 3 is 2.88 bits per heavy atom. The maximum atomic E-state index is 11.1. The minimum absolute atomic E-state index is 0.0703. The molecule has 1 atom stereocenters. The van der Waals surface area contributed by atoms with Crippen molar-refractivity contribution in [1.29, 1.82) is 0 Å². The lowest BCUT2D eigenvalue weighted by Gasteiger charge is -2.32. The van der Waals surface area contributed by atoms with Gasteiger partial charge in [-0.1, -0.05) is 0 Å². The van der Waals surface area contributed by atoms with E-state index < -0.39 is 0 Å². The van der Waals surface area contributed by atoms with Crippen LogP contribution in [0.1, 0.15) is 41.6 Å². The first-order chi connectivity index (χ1) is 11.9. The molecule has 0 saturated carbocycles. The molecular formula is C18H27N5OS. The Hall–Kier alpha value is -1.73. The van der Waals surface area contributed by atoms with Crippen molar-refractivity contribution < 1.29 is 4.79 Å². The maximum absolute atomic E-state index is 11.1. The van der Waals surface area contributed by atoms with Gasteiger partial charge in [-0.25, -0.2) is 4.98 Å². The Bertz CT molecular complexity index is 751. The highest BCUT2D eigenvalue weighted by Crippen LogP contribution is 2.24. The molecule has 2 aromatic heterocycles. The van der Waals surface area contributed by atoms with Gasteiger partial charge in [0.15, 0.2) is 5.13 Å². The number of hydrogen-bond donors (Lipinski definition) is 1. The van der Waals surface area contributed by atoms with Crippen molar-refractivity contribution >= 4 is 22.4 Å². The Morgan fingerprint density at radius 1 is 1.40 bits per heavy atom. The van der Waals surface area contributed by atoms with Crippen LogP contribution in [0.2, 0.25) is 0 Å². The van der Waals surface area contributed by atoms with Gasteiger partial charge in [-0.2, -0.15) is 5.10 Å². The molecule has 136 valence electrons. The standard InChI is InChI=1S/C18H27N5OS/c1-12-13(2)21-23(14(12)3)10-16-6-5-7-22(9-16)11-17-8-19-18(25-17)20-15(4)24/h8,16H,5-7,9-11H2,1-4H3,(H,19,20,24). The van der Waals surface area contributed by atoms with Crippen LogP contribution in [0.4, 0.5) is 5.13 Å². The third-order valence-electron chi connectivity index (χ3n) is 4.99. The minimum Gasteiger partial charge on any atom is -0.302 e. The van der Waals surface area contributed by atoms with Gasteiger partial charge in [0.2, 0.25) is 5.91 Å². The summed E-state index contributed by atoms with van der Waals surface area (Å²) in [6, 6.07) is 0. The van der Waals surface area contributed by atoms with Gasteiger partial charge in [-0.3, -0.25) is 14.4 Å². The van der Waals surface area contributed by atoms with E-state index in [2.05, 4.69) is 40.7 Å². The Balaban J connectivity index is 1.58. The largest absolute Gasteiger partial charge is 0.302 e. The highest BCUT2D eigenvalue weighted by atomic mass is 32.1. The van der Waals surface area contributed by atoms with Crippen LogP contribution in [0.3, 0.4) is 0 Å². The van der Waals surface area contributed by atoms with Crippen molar-refractivity contribution in [2.24, 2.45) is 5.92 Å². The topological polar surface area (TPSA) is 63.1 Å². The number of thiazole rings is 1. The van der Waals surface area contributed by atoms with Crippen molar-refractivity contribution in [3.63, 3.8) is 0 Å². The number of rotatable bonds is 5. The maximum Gasteiger partial charge on any atom is 0.223 e. The zero-order valence-corrected chi connectivity index (χ0v) is 16.3. The number of carbonyl (C=O) groups is 1. The fourth-order valence-corrected chi connectivity index (χ4v) is 4.36. The van der Waals surface area contributed by atoms with Crippen LogP contribution in [0.15, 0.2) is 6.20 Å². The van der Waals surface area contributed by atoms with Crippen LogP contribution in [0.25, 0.3) is 0 Å². The number of nitrogens with one attached hydrogen (secondary N) is 1. The van der Waals surface area contributed by atoms with E-state index in [1.807, 2.05) is 6.20 Å². The van der Waals surface area contributed by atoms with Crippen molar-refractivity contribution in [3.8, 4) is 0 Å². The number of anilines is 1. The summed E-state index contributed by atoms with van der Waals surface area (Å²) in [6.07, 6.45) is 4.36. The van der Waals surface area contributed by atoms with E-state index in [1.165, 1.54) is 35.9 Å². The van der Waals surface area contributed by atoms with E-state index in [-0.39, 0.29) is 5.91 Å². The highest BCUT2D eigenvalue weighted by Gasteiger charge is 2.22. The van der Waals surface area contributed by atoms with Crippen molar-refractivity contribution in [2.75, 3.05) is 18.4 Å². The Kier molecular flexibility index (Phi) is 5.54. The van der Waals surface area contributed by atoms with Gasteiger partial charge in [-0.15, -0.1) is 11.3 Å². The summed E-state index contributed by atoms with van der Waals surface area (Å²) < 4.78 is 2.18. The van der Waals surface area contributed by atoms with Gasteiger partial charge in [0.05, 0.1) is 5.69 Å². The fraction of sp³-hybridized carbons (Fsp3) is 0.611. The summed E-state index contributed by atoms with van der Waals surface area (Å²) in [7, 11) is 0. The zero-order valence-electron chi connectivity index (χ0n) is 15.5. The first-order valence-electron chi connectivity index (χ1n) is 8.87. The monoisotopic (exact) mass is 361 g/mol. The van der Waals surface area contributed by atoms with Crippen LogP contribution in [0, 0.1) is 26.7 Å². The lowest BCUT2D eigenvalue weighted by atomic mass is 9.98. The van der Waals surface area contributed by atoms with E-state index in [0.717, 1.165) is 31.9 Å². The summed E-state index contributed by atoms with van der Waals surface area (Å²) in [5.74, 6) is 0.563. The molecule has 2 aromatic rings. The molecule has 0 aliphatic carbocycles. The molecule has 1 saturated heterocycles. The lowest BCUT2D eigenvalue weighted by molar-refractivity contribution is -0.114. The number of hydrogen-bond acceptors (Lipinski definition) is 5. The second kappa shape index (κ2) is 7.66. The second-order valence-corrected chi connectivity index (χ2v) is 8.15. The molecule has 0 bridgehead atoms. The lowest BCUT2D eigenvalue weighted by Crippen LogP contribution is -2.36. The van der Waals surface area contributed by atoms with Crippen LogP contribution in [-0.2, 0) is 17.9 Å². The molecule has 6 nitrogen and oxygen atoms in total. The fourth-order valence-electron chi connectivity index (χ4n) is 3.46. The van der Waals surface area contributed by atoms with E-state index in [9.17, 15) is 4.79 Å². The van der Waals surface area contributed by atoms with E-state index in [4.69, 9.17) is 5.10 Å². The number of piperidine rings is 1. The van der Waals surface area contributed by atoms with Gasteiger partial charge in [0, 0.05) is 43.3 Å². The highest BCUT2D eigenvalue weighted by molar-refractivity contribution is 7.15. The number of carbonyl (C=O) groups excluding carboxylic acids is 1. The molecule has 1 fully saturated rings. The van der Waals surface area contributed by atoms with Gasteiger partial charge < -0.3 is 5.32 Å². The SMILES string of the molecule is CC(=O)Nc1ncc(CN2CCCC(Cn3nc(C)c(C)c3C)C2)s1. The third-order valence-corrected chi connectivity index (χ3v) is 5.89. The van der Waals surface area contributed by atoms with Crippen molar-refractivity contribution in [1.82, 2.24) is 19.7 Å². The predicted molar refractivity (Wildman–Crippen MR) is 101 cm³/mol. The molecule has 0 radical (unpaired) electrons. The molecule has 1 aliphatic heterocycles. The number of aromatic nitrogens is 3. The molecule has 1 unspecified atom stereocenters. The number of nitrogens with zero attached hydrogens (tertiary/aromatic N) is 4. The summed E-state index contributed by atoms with van der Waals surface area (Å²) in [5, 5.41) is 8.14. The van der Waals surface area contributed by atoms with Crippen LogP contribution in [-0.4, -0.2) is 38.7 Å². The third kappa shape index (κ3) is 4.46. The van der Waals surface area contributed by atoms with Gasteiger partial charge >= 0.3 is 0 Å². The summed E-state index contributed by atoms with van der Waals surface area (Å²) in [5.41, 5.74) is 3.74. The first kappa shape index (κ1) is 18.1. The number of likely N-dealkylation sites (tertiary alicyclic amines) is 1. The molecule has 1 aliphatic rings. The summed E-state index contributed by atoms with van der Waals surface area (Å²) >= 11 is 1.57. The molecular weight excluding hydrogens is 334 g/mol. The molecule has 7 heteroatoms. The molecule has 25 heavy (non-hydrogen) atoms. The predicted octanol–water partition coefficient (Wildman–Crippen LogP) is 3.14. The molecule has 0 spiro atoms. The zero-order chi connectivity index (χ0) is 18.0. The quantitative estimate of drug-likeness (QED) is 0.889. The second-order valence-electron chi connectivity index (χ2n) is 7.03. The van der Waals surface area contributed by atoms with Gasteiger partial charge in [0.25, 0.3) is 0 Å². The molecule has 0 aromatic carbocycles. The Labute approximate surface area is 153 Å². The van der Waals surface area contributed by atoms with E-state index >= 15 is 0 Å². The van der Waals surface area contributed by atoms with Crippen LogP contribution >= 0.6 is 11.3 Å². The molecule has 3 rings (SSSR count). The number of amides is 1. The average molecular weight is 362 g/mol. The average Bonchev–Trinajstić information content (AvgIpc) is 3.07. The molecule has 3 heterocycles. The van der Waals surface area contributed by atoms with Gasteiger partial charge in [0.1, 0.15) is 0 Å². The van der Waals surface area contributed by atoms with Gasteiger partial charge in [-0.05, 0) is 51.6 Å². The van der Waals surface area contributed by atoms with Crippen LogP contribution < -0.4 is 5.32 Å². The van der Waals surface area contributed by atoms with Crippen molar-refractivity contribution in [3.05, 3.63) is 28.0 Å². The smallest absolute Gasteiger partial charge is 0.223 e. The minimum atomic E-state index is -0.0703. The Morgan fingerprint density at radius 2 is 2.20 bits per heavy atom. The van der Waals surface area contributed by atoms with Crippen molar-refractivity contribution in [2.45, 2.75) is 53.6 Å². The summed E-state index contributed by atoms with van der Waals surface area (Å²) in [6.45, 7) is 12.0. The number of aryl methyl sites for hydroxylation is 1.